The number of amides is 1. The van der Waals surface area contributed by atoms with E-state index in [2.05, 4.69) is 26.5 Å². The topological polar surface area (TPSA) is 59.9 Å². The molecule has 0 saturated carbocycles. The highest BCUT2D eigenvalue weighted by atomic mass is 79.9. The van der Waals surface area contributed by atoms with E-state index < -0.39 is 0 Å². The van der Waals surface area contributed by atoms with Crippen molar-refractivity contribution in [1.82, 2.24) is 5.43 Å². The minimum absolute atomic E-state index is 0.155. The normalized spacial score (nSPS) is 10.9. The third-order valence-corrected chi connectivity index (χ3v) is 6.08. The van der Waals surface area contributed by atoms with E-state index in [1.165, 1.54) is 11.8 Å². The van der Waals surface area contributed by atoms with Crippen molar-refractivity contribution in [2.24, 2.45) is 5.10 Å². The number of hydrazone groups is 1. The highest BCUT2D eigenvalue weighted by molar-refractivity contribution is 9.10. The van der Waals surface area contributed by atoms with Gasteiger partial charge in [-0.3, -0.25) is 4.79 Å². The molecule has 0 atom stereocenters. The molecule has 1 amide bonds. The zero-order chi connectivity index (χ0) is 23.5. The Bertz CT molecular complexity index is 1110. The summed E-state index contributed by atoms with van der Waals surface area (Å²) in [5.41, 5.74) is 5.48. The Balaban J connectivity index is 1.50. The highest BCUT2D eigenvalue weighted by Gasteiger charge is 2.07. The van der Waals surface area contributed by atoms with Crippen LogP contribution in [0.4, 0.5) is 0 Å². The van der Waals surface area contributed by atoms with E-state index in [0.717, 1.165) is 26.9 Å². The molecule has 0 bridgehead atoms. The second kappa shape index (κ2) is 13.3. The lowest BCUT2D eigenvalue weighted by Crippen LogP contribution is -2.19. The number of benzene rings is 3. The maximum absolute atomic E-state index is 12.0. The number of rotatable bonds is 11. The van der Waals surface area contributed by atoms with Gasteiger partial charge in [-0.25, -0.2) is 5.43 Å². The fourth-order valence-electron chi connectivity index (χ4n) is 2.88. The Kier molecular flexibility index (Phi) is 10.1. The number of ether oxygens (including phenoxy) is 2. The van der Waals surface area contributed by atoms with Gasteiger partial charge in [0.05, 0.1) is 18.6 Å². The quantitative estimate of drug-likeness (QED) is 0.221. The Hall–Kier alpha value is -2.48. The van der Waals surface area contributed by atoms with Gasteiger partial charge in [-0.15, -0.1) is 11.8 Å². The van der Waals surface area contributed by atoms with Crippen molar-refractivity contribution in [3.05, 3.63) is 92.9 Å². The number of nitrogens with one attached hydrogen (secondary N) is 1. The van der Waals surface area contributed by atoms with Gasteiger partial charge in [0.1, 0.15) is 6.61 Å². The van der Waals surface area contributed by atoms with Gasteiger partial charge in [0.25, 0.3) is 0 Å². The van der Waals surface area contributed by atoms with E-state index >= 15 is 0 Å². The summed E-state index contributed by atoms with van der Waals surface area (Å²) in [4.78, 5) is 12.0. The Morgan fingerprint density at radius 1 is 1.06 bits per heavy atom. The van der Waals surface area contributed by atoms with Gasteiger partial charge >= 0.3 is 0 Å². The molecule has 0 unspecified atom stereocenters. The molecule has 3 aromatic rings. The number of thioether (sulfide) groups is 1. The highest BCUT2D eigenvalue weighted by Crippen LogP contribution is 2.29. The lowest BCUT2D eigenvalue weighted by molar-refractivity contribution is -0.118. The van der Waals surface area contributed by atoms with Gasteiger partial charge in [-0.1, -0.05) is 51.8 Å². The molecule has 5 nitrogen and oxygen atoms in total. The standard InChI is InChI=1S/C25H24BrClN2O3S/c1-2-31-24-13-18(9-10-23(24)32-15-19-5-4-8-22(27)12-19)14-28-29-25(30)17-33-16-20-6-3-7-21(26)11-20/h3-14H,2,15-17H2,1H3,(H,29,30)/b28-14-. The van der Waals surface area contributed by atoms with Crippen molar-refractivity contribution in [2.75, 3.05) is 12.4 Å². The smallest absolute Gasteiger partial charge is 0.250 e. The van der Waals surface area contributed by atoms with Crippen molar-refractivity contribution in [1.29, 1.82) is 0 Å². The van der Waals surface area contributed by atoms with Gasteiger partial charge in [0.2, 0.25) is 5.91 Å². The second-order valence-corrected chi connectivity index (χ2v) is 9.31. The molecule has 33 heavy (non-hydrogen) atoms. The molecular formula is C25H24BrClN2O3S. The third kappa shape index (κ3) is 8.76. The van der Waals surface area contributed by atoms with E-state index in [0.29, 0.717) is 35.5 Å². The number of nitrogens with zero attached hydrogens (tertiary/aromatic N) is 1. The van der Waals surface area contributed by atoms with E-state index in [1.54, 1.807) is 6.21 Å². The molecule has 0 radical (unpaired) electrons. The fourth-order valence-corrected chi connectivity index (χ4v) is 4.31. The number of halogens is 2. The van der Waals surface area contributed by atoms with E-state index in [4.69, 9.17) is 21.1 Å². The lowest BCUT2D eigenvalue weighted by atomic mass is 10.2. The summed E-state index contributed by atoms with van der Waals surface area (Å²) in [7, 11) is 0. The molecule has 8 heteroatoms. The van der Waals surface area contributed by atoms with Crippen molar-refractivity contribution in [3.63, 3.8) is 0 Å². The molecule has 0 aliphatic heterocycles. The first-order valence-electron chi connectivity index (χ1n) is 10.3. The maximum atomic E-state index is 12.0. The largest absolute Gasteiger partial charge is 0.490 e. The van der Waals surface area contributed by atoms with Crippen LogP contribution in [0.5, 0.6) is 11.5 Å². The second-order valence-electron chi connectivity index (χ2n) is 6.97. The third-order valence-electron chi connectivity index (χ3n) is 4.34. The van der Waals surface area contributed by atoms with Crippen molar-refractivity contribution >= 4 is 51.4 Å². The number of carbonyl (C=O) groups is 1. The van der Waals surface area contributed by atoms with Gasteiger partial charge in [-0.05, 0) is 66.1 Å². The van der Waals surface area contributed by atoms with E-state index in [9.17, 15) is 4.79 Å². The molecule has 0 heterocycles. The maximum Gasteiger partial charge on any atom is 0.250 e. The summed E-state index contributed by atoms with van der Waals surface area (Å²) >= 11 is 11.0. The summed E-state index contributed by atoms with van der Waals surface area (Å²) in [6.07, 6.45) is 1.58. The zero-order valence-electron chi connectivity index (χ0n) is 18.1. The molecule has 172 valence electrons. The summed E-state index contributed by atoms with van der Waals surface area (Å²) in [6.45, 7) is 2.79. The molecule has 3 aromatic carbocycles. The van der Waals surface area contributed by atoms with E-state index in [-0.39, 0.29) is 5.91 Å². The van der Waals surface area contributed by atoms with Crippen LogP contribution in [-0.4, -0.2) is 24.5 Å². The lowest BCUT2D eigenvalue weighted by Gasteiger charge is -2.12. The molecule has 0 fully saturated rings. The van der Waals surface area contributed by atoms with Gasteiger partial charge in [0, 0.05) is 15.2 Å². The van der Waals surface area contributed by atoms with Crippen molar-refractivity contribution in [2.45, 2.75) is 19.3 Å². The van der Waals surface area contributed by atoms with Crippen molar-refractivity contribution < 1.29 is 14.3 Å². The first kappa shape index (κ1) is 25.1. The Morgan fingerprint density at radius 3 is 2.67 bits per heavy atom. The number of carbonyl (C=O) groups excluding carboxylic acids is 1. The number of hydrogen-bond acceptors (Lipinski definition) is 5. The van der Waals surface area contributed by atoms with Crippen LogP contribution in [0, 0.1) is 0 Å². The van der Waals surface area contributed by atoms with Crippen LogP contribution in [0.3, 0.4) is 0 Å². The molecule has 0 aromatic heterocycles. The minimum Gasteiger partial charge on any atom is -0.490 e. The van der Waals surface area contributed by atoms with Crippen LogP contribution in [0.25, 0.3) is 0 Å². The van der Waals surface area contributed by atoms with Gasteiger partial charge in [0.15, 0.2) is 11.5 Å². The van der Waals surface area contributed by atoms with Crippen LogP contribution in [-0.2, 0) is 17.2 Å². The average molecular weight is 548 g/mol. The Morgan fingerprint density at radius 2 is 1.88 bits per heavy atom. The predicted molar refractivity (Wildman–Crippen MR) is 139 cm³/mol. The number of hydrogen-bond donors (Lipinski definition) is 1. The zero-order valence-corrected chi connectivity index (χ0v) is 21.3. The Labute approximate surface area is 211 Å². The van der Waals surface area contributed by atoms with Crippen LogP contribution >= 0.6 is 39.3 Å². The van der Waals surface area contributed by atoms with Gasteiger partial charge in [-0.2, -0.15) is 5.10 Å². The van der Waals surface area contributed by atoms with Gasteiger partial charge < -0.3 is 9.47 Å². The summed E-state index contributed by atoms with van der Waals surface area (Å²) in [6, 6.07) is 21.1. The fraction of sp³-hybridized carbons (Fsp3) is 0.200. The van der Waals surface area contributed by atoms with Crippen LogP contribution in [0.15, 0.2) is 76.3 Å². The minimum atomic E-state index is -0.155. The first-order valence-corrected chi connectivity index (χ1v) is 12.6. The molecular weight excluding hydrogens is 524 g/mol. The van der Waals surface area contributed by atoms with Crippen LogP contribution < -0.4 is 14.9 Å². The molecule has 0 spiro atoms. The van der Waals surface area contributed by atoms with Crippen molar-refractivity contribution in [3.8, 4) is 11.5 Å². The first-order chi connectivity index (χ1) is 16.0. The molecule has 3 rings (SSSR count). The SMILES string of the molecule is CCOc1cc(/C=N\NC(=O)CSCc2cccc(Br)c2)ccc1OCc1cccc(Cl)c1. The molecule has 0 saturated heterocycles. The van der Waals surface area contributed by atoms with Crippen LogP contribution in [0.2, 0.25) is 5.02 Å². The van der Waals surface area contributed by atoms with Crippen LogP contribution in [0.1, 0.15) is 23.6 Å². The summed E-state index contributed by atoms with van der Waals surface area (Å²) < 4.78 is 12.7. The summed E-state index contributed by atoms with van der Waals surface area (Å²) in [5, 5.41) is 4.73. The summed E-state index contributed by atoms with van der Waals surface area (Å²) in [5.74, 6) is 2.16. The molecule has 0 aliphatic rings. The average Bonchev–Trinajstić information content (AvgIpc) is 2.79. The predicted octanol–water partition coefficient (Wildman–Crippen LogP) is 6.46. The molecule has 1 N–H and O–H groups in total. The molecule has 0 aliphatic carbocycles. The van der Waals surface area contributed by atoms with E-state index in [1.807, 2.05) is 73.7 Å². The monoisotopic (exact) mass is 546 g/mol.